The molecule has 0 spiro atoms. The second-order valence-electron chi connectivity index (χ2n) is 4.73. The van der Waals surface area contributed by atoms with Gasteiger partial charge >= 0.3 is 5.97 Å². The van der Waals surface area contributed by atoms with Gasteiger partial charge in [-0.15, -0.1) is 0 Å². The Morgan fingerprint density at radius 3 is 2.86 bits per heavy atom. The highest BCUT2D eigenvalue weighted by Gasteiger charge is 2.13. The Morgan fingerprint density at radius 2 is 2.10 bits per heavy atom. The van der Waals surface area contributed by atoms with Crippen LogP contribution in [0, 0.1) is 12.7 Å². The topological polar surface area (TPSA) is 43.6 Å². The molecule has 2 aromatic heterocycles. The maximum absolute atomic E-state index is 13.0. The minimum atomic E-state index is -0.526. The Labute approximate surface area is 120 Å². The number of rotatable bonds is 3. The molecule has 0 aliphatic rings. The number of fused-ring (bicyclic) bond motifs is 1. The predicted octanol–water partition coefficient (Wildman–Crippen LogP) is 3.14. The van der Waals surface area contributed by atoms with Gasteiger partial charge in [-0.05, 0) is 36.8 Å². The lowest BCUT2D eigenvalue weighted by Crippen LogP contribution is -2.05. The molecule has 0 fully saturated rings. The summed E-state index contributed by atoms with van der Waals surface area (Å²) >= 11 is 0. The molecule has 0 atom stereocenters. The van der Waals surface area contributed by atoms with Crippen LogP contribution >= 0.6 is 0 Å². The summed E-state index contributed by atoms with van der Waals surface area (Å²) in [5, 5.41) is 0. The van der Waals surface area contributed by atoms with Crippen LogP contribution in [0.15, 0.2) is 48.7 Å². The van der Waals surface area contributed by atoms with E-state index in [-0.39, 0.29) is 18.1 Å². The molecule has 4 nitrogen and oxygen atoms in total. The number of nitrogens with zero attached hydrogens (tertiary/aromatic N) is 2. The van der Waals surface area contributed by atoms with E-state index in [1.165, 1.54) is 12.1 Å². The molecule has 0 amide bonds. The van der Waals surface area contributed by atoms with Crippen molar-refractivity contribution in [3.05, 3.63) is 71.4 Å². The summed E-state index contributed by atoms with van der Waals surface area (Å²) in [6.07, 6.45) is 1.64. The first-order valence-electron chi connectivity index (χ1n) is 6.50. The molecule has 0 radical (unpaired) electrons. The quantitative estimate of drug-likeness (QED) is 0.694. The molecule has 3 aromatic rings. The summed E-state index contributed by atoms with van der Waals surface area (Å²) in [5.41, 5.74) is 2.50. The zero-order chi connectivity index (χ0) is 14.8. The van der Waals surface area contributed by atoms with Crippen molar-refractivity contribution in [3.8, 4) is 0 Å². The van der Waals surface area contributed by atoms with E-state index < -0.39 is 5.97 Å². The van der Waals surface area contributed by atoms with E-state index in [0.29, 0.717) is 11.2 Å². The van der Waals surface area contributed by atoms with E-state index in [2.05, 4.69) is 4.98 Å². The minimum Gasteiger partial charge on any atom is -0.456 e. The average Bonchev–Trinajstić information content (AvgIpc) is 2.90. The van der Waals surface area contributed by atoms with Gasteiger partial charge in [0.1, 0.15) is 18.1 Å². The monoisotopic (exact) mass is 284 g/mol. The molecule has 3 rings (SSSR count). The number of hydrogen-bond acceptors (Lipinski definition) is 3. The number of imidazole rings is 1. The van der Waals surface area contributed by atoms with Gasteiger partial charge in [0.15, 0.2) is 5.69 Å². The number of hydrogen-bond donors (Lipinski definition) is 0. The van der Waals surface area contributed by atoms with E-state index in [1.54, 1.807) is 18.3 Å². The molecule has 0 saturated carbocycles. The molecule has 0 aliphatic heterocycles. The maximum Gasteiger partial charge on any atom is 0.358 e. The number of benzene rings is 1. The van der Waals surface area contributed by atoms with Crippen LogP contribution in [0.5, 0.6) is 0 Å². The minimum absolute atomic E-state index is 0.0173. The Morgan fingerprint density at radius 1 is 1.29 bits per heavy atom. The first-order valence-corrected chi connectivity index (χ1v) is 6.50. The number of esters is 1. The molecule has 0 unspecified atom stereocenters. The fourth-order valence-corrected chi connectivity index (χ4v) is 2.10. The number of carbonyl (C=O) groups excluding carboxylic acids is 1. The molecule has 0 bridgehead atoms. The van der Waals surface area contributed by atoms with Crippen molar-refractivity contribution in [2.45, 2.75) is 13.5 Å². The van der Waals surface area contributed by atoms with E-state index in [1.807, 2.05) is 29.5 Å². The third-order valence-electron chi connectivity index (χ3n) is 3.16. The predicted molar refractivity (Wildman–Crippen MR) is 75.4 cm³/mol. The number of pyridine rings is 1. The molecule has 106 valence electrons. The maximum atomic E-state index is 13.0. The zero-order valence-corrected chi connectivity index (χ0v) is 11.4. The van der Waals surface area contributed by atoms with E-state index >= 15 is 0 Å². The van der Waals surface area contributed by atoms with Crippen molar-refractivity contribution in [2.24, 2.45) is 0 Å². The Hall–Kier alpha value is -2.69. The van der Waals surface area contributed by atoms with E-state index in [9.17, 15) is 9.18 Å². The van der Waals surface area contributed by atoms with E-state index in [0.717, 1.165) is 5.69 Å². The molecule has 0 aliphatic carbocycles. The number of aryl methyl sites for hydroxylation is 1. The lowest BCUT2D eigenvalue weighted by molar-refractivity contribution is 0.0466. The highest BCUT2D eigenvalue weighted by atomic mass is 19.1. The Kier molecular flexibility index (Phi) is 3.39. The fourth-order valence-electron chi connectivity index (χ4n) is 2.10. The van der Waals surface area contributed by atoms with Crippen molar-refractivity contribution in [1.82, 2.24) is 9.38 Å². The first-order chi connectivity index (χ1) is 10.1. The van der Waals surface area contributed by atoms with E-state index in [4.69, 9.17) is 4.74 Å². The fraction of sp³-hybridized carbons (Fsp3) is 0.125. The van der Waals surface area contributed by atoms with Gasteiger partial charge in [-0.2, -0.15) is 0 Å². The number of ether oxygens (including phenoxy) is 1. The summed E-state index contributed by atoms with van der Waals surface area (Å²) in [6, 6.07) is 11.6. The molecule has 5 heteroatoms. The van der Waals surface area contributed by atoms with Gasteiger partial charge in [-0.3, -0.25) is 0 Å². The standard InChI is InChI=1S/C16H13FN2O2/c1-11-4-2-7-15-18-14(9-19(11)15)16(20)21-10-12-5-3-6-13(17)8-12/h2-9H,10H2,1H3. The van der Waals surface area contributed by atoms with Crippen LogP contribution in [0.25, 0.3) is 5.65 Å². The summed E-state index contributed by atoms with van der Waals surface area (Å²) in [5.74, 6) is -0.880. The summed E-state index contributed by atoms with van der Waals surface area (Å²) < 4.78 is 20.0. The highest BCUT2D eigenvalue weighted by Crippen LogP contribution is 2.11. The SMILES string of the molecule is Cc1cccc2nc(C(=O)OCc3cccc(F)c3)cn12. The van der Waals surface area contributed by atoms with Crippen LogP contribution in [-0.2, 0) is 11.3 Å². The summed E-state index contributed by atoms with van der Waals surface area (Å²) in [6.45, 7) is 1.94. The second-order valence-corrected chi connectivity index (χ2v) is 4.73. The molecule has 1 aromatic carbocycles. The Bertz CT molecular complexity index is 811. The third-order valence-corrected chi connectivity index (χ3v) is 3.16. The molecule has 21 heavy (non-hydrogen) atoms. The van der Waals surface area contributed by atoms with Gasteiger partial charge in [0.2, 0.25) is 0 Å². The van der Waals surface area contributed by atoms with Gasteiger partial charge in [-0.25, -0.2) is 14.2 Å². The summed E-state index contributed by atoms with van der Waals surface area (Å²) in [4.78, 5) is 16.2. The number of aromatic nitrogens is 2. The van der Waals surface area contributed by atoms with Crippen LogP contribution in [0.3, 0.4) is 0 Å². The average molecular weight is 284 g/mol. The largest absolute Gasteiger partial charge is 0.456 e. The van der Waals surface area contributed by atoms with Gasteiger partial charge in [0.05, 0.1) is 0 Å². The van der Waals surface area contributed by atoms with Gasteiger partial charge < -0.3 is 9.14 Å². The van der Waals surface area contributed by atoms with Crippen LogP contribution in [-0.4, -0.2) is 15.4 Å². The molecule has 2 heterocycles. The zero-order valence-electron chi connectivity index (χ0n) is 11.4. The van der Waals surface area contributed by atoms with Crippen molar-refractivity contribution >= 4 is 11.6 Å². The number of carbonyl (C=O) groups is 1. The Balaban J connectivity index is 1.76. The van der Waals surface area contributed by atoms with Crippen LogP contribution in [0.4, 0.5) is 4.39 Å². The van der Waals surface area contributed by atoms with Gasteiger partial charge in [0, 0.05) is 11.9 Å². The molecule has 0 N–H and O–H groups in total. The lowest BCUT2D eigenvalue weighted by atomic mass is 10.2. The van der Waals surface area contributed by atoms with Crippen molar-refractivity contribution < 1.29 is 13.9 Å². The molecular weight excluding hydrogens is 271 g/mol. The van der Waals surface area contributed by atoms with Crippen molar-refractivity contribution in [3.63, 3.8) is 0 Å². The normalized spacial score (nSPS) is 10.8. The second kappa shape index (κ2) is 5.36. The first kappa shape index (κ1) is 13.3. The van der Waals surface area contributed by atoms with Gasteiger partial charge in [0.25, 0.3) is 0 Å². The molecule has 0 saturated heterocycles. The summed E-state index contributed by atoms with van der Waals surface area (Å²) in [7, 11) is 0. The van der Waals surface area contributed by atoms with Gasteiger partial charge in [-0.1, -0.05) is 18.2 Å². The smallest absolute Gasteiger partial charge is 0.358 e. The lowest BCUT2D eigenvalue weighted by Gasteiger charge is -2.02. The highest BCUT2D eigenvalue weighted by molar-refractivity contribution is 5.88. The van der Waals surface area contributed by atoms with Crippen molar-refractivity contribution in [2.75, 3.05) is 0 Å². The third kappa shape index (κ3) is 2.76. The van der Waals surface area contributed by atoms with Crippen molar-refractivity contribution in [1.29, 1.82) is 0 Å². The van der Waals surface area contributed by atoms with Crippen LogP contribution < -0.4 is 0 Å². The number of halogens is 1. The van der Waals surface area contributed by atoms with Crippen LogP contribution in [0.1, 0.15) is 21.7 Å². The molecular formula is C16H13FN2O2. The van der Waals surface area contributed by atoms with Crippen LogP contribution in [0.2, 0.25) is 0 Å².